The van der Waals surface area contributed by atoms with E-state index in [4.69, 9.17) is 9.84 Å². The van der Waals surface area contributed by atoms with Crippen molar-refractivity contribution in [1.82, 2.24) is 5.32 Å². The highest BCUT2D eigenvalue weighted by Crippen LogP contribution is 1.90. The molecule has 0 amide bonds. The van der Waals surface area contributed by atoms with E-state index in [1.807, 2.05) is 7.05 Å². The summed E-state index contributed by atoms with van der Waals surface area (Å²) in [5, 5.41) is 11.6. The molecule has 0 rings (SSSR count). The number of aliphatic hydroxyl groups excluding tert-OH is 1. The third-order valence-electron chi connectivity index (χ3n) is 1.63. The van der Waals surface area contributed by atoms with Gasteiger partial charge >= 0.3 is 0 Å². The Bertz CT molecular complexity index is 78.5. The summed E-state index contributed by atoms with van der Waals surface area (Å²) in [6, 6.07) is 0.518. The second kappa shape index (κ2) is 7.98. The predicted molar refractivity (Wildman–Crippen MR) is 45.7 cm³/mol. The normalized spacial score (nSPS) is 13.4. The number of hydrogen-bond acceptors (Lipinski definition) is 3. The zero-order valence-corrected chi connectivity index (χ0v) is 7.47. The van der Waals surface area contributed by atoms with Gasteiger partial charge in [0.25, 0.3) is 0 Å². The average Bonchev–Trinajstić information content (AvgIpc) is 2.04. The first-order valence-electron chi connectivity index (χ1n) is 4.17. The van der Waals surface area contributed by atoms with Gasteiger partial charge in [-0.2, -0.15) is 0 Å². The Morgan fingerprint density at radius 3 is 2.73 bits per heavy atom. The molecule has 0 bridgehead atoms. The predicted octanol–water partition coefficient (Wildman–Crippen LogP) is 0.383. The molecule has 11 heavy (non-hydrogen) atoms. The fourth-order valence-electron chi connectivity index (χ4n) is 0.673. The molecule has 0 aliphatic rings. The first-order chi connectivity index (χ1) is 5.31. The number of aliphatic hydroxyl groups is 1. The minimum atomic E-state index is 0.224. The zero-order chi connectivity index (χ0) is 8.53. The summed E-state index contributed by atoms with van der Waals surface area (Å²) in [6.45, 7) is 3.80. The van der Waals surface area contributed by atoms with Gasteiger partial charge in [0.15, 0.2) is 0 Å². The maximum absolute atomic E-state index is 8.43. The molecule has 3 nitrogen and oxygen atoms in total. The van der Waals surface area contributed by atoms with Crippen LogP contribution in [0.3, 0.4) is 0 Å². The molecule has 68 valence electrons. The minimum Gasteiger partial charge on any atom is -0.396 e. The quantitative estimate of drug-likeness (QED) is 0.530. The minimum absolute atomic E-state index is 0.224. The maximum Gasteiger partial charge on any atom is 0.0487 e. The number of nitrogens with one attached hydrogen (secondary N) is 1. The van der Waals surface area contributed by atoms with Gasteiger partial charge in [-0.15, -0.1) is 0 Å². The highest BCUT2D eigenvalue weighted by molar-refractivity contribution is 4.54. The van der Waals surface area contributed by atoms with Gasteiger partial charge in [0.1, 0.15) is 0 Å². The van der Waals surface area contributed by atoms with Crippen LogP contribution < -0.4 is 5.32 Å². The summed E-state index contributed by atoms with van der Waals surface area (Å²) in [5.74, 6) is 0. The van der Waals surface area contributed by atoms with E-state index in [1.54, 1.807) is 0 Å². The summed E-state index contributed by atoms with van der Waals surface area (Å²) in [7, 11) is 1.94. The SMILES string of the molecule is CNC(C)CCOCCCO. The molecule has 0 spiro atoms. The molecule has 1 unspecified atom stereocenters. The van der Waals surface area contributed by atoms with E-state index in [1.165, 1.54) is 0 Å². The van der Waals surface area contributed by atoms with E-state index < -0.39 is 0 Å². The molecule has 0 saturated heterocycles. The van der Waals surface area contributed by atoms with Crippen molar-refractivity contribution in [3.8, 4) is 0 Å². The van der Waals surface area contributed by atoms with Crippen molar-refractivity contribution in [3.05, 3.63) is 0 Å². The number of ether oxygens (including phenoxy) is 1. The molecule has 0 aromatic carbocycles. The summed E-state index contributed by atoms with van der Waals surface area (Å²) >= 11 is 0. The zero-order valence-electron chi connectivity index (χ0n) is 7.47. The van der Waals surface area contributed by atoms with Crippen LogP contribution in [0.2, 0.25) is 0 Å². The molecule has 0 aromatic rings. The van der Waals surface area contributed by atoms with E-state index in [0.29, 0.717) is 12.6 Å². The Morgan fingerprint density at radius 1 is 1.45 bits per heavy atom. The Hall–Kier alpha value is -0.120. The molecule has 3 heteroatoms. The van der Waals surface area contributed by atoms with Crippen LogP contribution in [0.1, 0.15) is 19.8 Å². The Kier molecular flexibility index (Phi) is 7.89. The van der Waals surface area contributed by atoms with Crippen molar-refractivity contribution in [2.24, 2.45) is 0 Å². The first kappa shape index (κ1) is 10.9. The van der Waals surface area contributed by atoms with Gasteiger partial charge in [-0.05, 0) is 26.8 Å². The highest BCUT2D eigenvalue weighted by Gasteiger charge is 1.96. The fraction of sp³-hybridized carbons (Fsp3) is 1.00. The van der Waals surface area contributed by atoms with Crippen LogP contribution in [0, 0.1) is 0 Å². The standard InChI is InChI=1S/C8H19NO2/c1-8(9-2)4-7-11-6-3-5-10/h8-10H,3-7H2,1-2H3. The smallest absolute Gasteiger partial charge is 0.0487 e. The van der Waals surface area contributed by atoms with Crippen molar-refractivity contribution in [2.45, 2.75) is 25.8 Å². The van der Waals surface area contributed by atoms with Gasteiger partial charge in [-0.1, -0.05) is 0 Å². The number of hydrogen-bond donors (Lipinski definition) is 2. The van der Waals surface area contributed by atoms with Crippen molar-refractivity contribution in [2.75, 3.05) is 26.9 Å². The van der Waals surface area contributed by atoms with Crippen LogP contribution >= 0.6 is 0 Å². The van der Waals surface area contributed by atoms with Gasteiger partial charge < -0.3 is 15.2 Å². The van der Waals surface area contributed by atoms with Crippen LogP contribution in [-0.4, -0.2) is 38.0 Å². The molecule has 2 N–H and O–H groups in total. The number of rotatable bonds is 7. The molecule has 0 aliphatic heterocycles. The highest BCUT2D eigenvalue weighted by atomic mass is 16.5. The third kappa shape index (κ3) is 7.78. The summed E-state index contributed by atoms with van der Waals surface area (Å²) < 4.78 is 5.25. The molecule has 0 aromatic heterocycles. The van der Waals surface area contributed by atoms with Crippen molar-refractivity contribution in [1.29, 1.82) is 0 Å². The lowest BCUT2D eigenvalue weighted by molar-refractivity contribution is 0.109. The molecule has 1 atom stereocenters. The molecular formula is C8H19NO2. The summed E-state index contributed by atoms with van der Waals surface area (Å²) in [4.78, 5) is 0. The second-order valence-corrected chi connectivity index (χ2v) is 2.67. The Labute approximate surface area is 68.8 Å². The van der Waals surface area contributed by atoms with Crippen LogP contribution in [0.25, 0.3) is 0 Å². The van der Waals surface area contributed by atoms with Crippen molar-refractivity contribution < 1.29 is 9.84 Å². The Morgan fingerprint density at radius 2 is 2.18 bits per heavy atom. The van der Waals surface area contributed by atoms with Crippen LogP contribution in [-0.2, 0) is 4.74 Å². The van der Waals surface area contributed by atoms with Crippen LogP contribution in [0.5, 0.6) is 0 Å². The fourth-order valence-corrected chi connectivity index (χ4v) is 0.673. The van der Waals surface area contributed by atoms with E-state index >= 15 is 0 Å². The lowest BCUT2D eigenvalue weighted by Gasteiger charge is -2.09. The molecule has 0 saturated carbocycles. The topological polar surface area (TPSA) is 41.5 Å². The van der Waals surface area contributed by atoms with E-state index in [0.717, 1.165) is 19.4 Å². The van der Waals surface area contributed by atoms with Crippen LogP contribution in [0.4, 0.5) is 0 Å². The van der Waals surface area contributed by atoms with Gasteiger partial charge in [-0.25, -0.2) is 0 Å². The van der Waals surface area contributed by atoms with Gasteiger partial charge in [0.2, 0.25) is 0 Å². The second-order valence-electron chi connectivity index (χ2n) is 2.67. The molecule has 0 fully saturated rings. The first-order valence-corrected chi connectivity index (χ1v) is 4.17. The summed E-state index contributed by atoms with van der Waals surface area (Å²) in [6.07, 6.45) is 1.77. The van der Waals surface area contributed by atoms with E-state index in [2.05, 4.69) is 12.2 Å². The van der Waals surface area contributed by atoms with Gasteiger partial charge in [0, 0.05) is 25.9 Å². The maximum atomic E-state index is 8.43. The molecule has 0 radical (unpaired) electrons. The van der Waals surface area contributed by atoms with Crippen molar-refractivity contribution >= 4 is 0 Å². The van der Waals surface area contributed by atoms with Gasteiger partial charge in [0.05, 0.1) is 0 Å². The lowest BCUT2D eigenvalue weighted by atomic mass is 10.2. The van der Waals surface area contributed by atoms with Gasteiger partial charge in [-0.3, -0.25) is 0 Å². The molecule has 0 heterocycles. The van der Waals surface area contributed by atoms with E-state index in [9.17, 15) is 0 Å². The molecule has 0 aliphatic carbocycles. The largest absolute Gasteiger partial charge is 0.396 e. The van der Waals surface area contributed by atoms with Crippen molar-refractivity contribution in [3.63, 3.8) is 0 Å². The Balaban J connectivity index is 2.89. The third-order valence-corrected chi connectivity index (χ3v) is 1.63. The van der Waals surface area contributed by atoms with Crippen LogP contribution in [0.15, 0.2) is 0 Å². The molecular weight excluding hydrogens is 142 g/mol. The average molecular weight is 161 g/mol. The summed E-state index contributed by atoms with van der Waals surface area (Å²) in [5.41, 5.74) is 0. The monoisotopic (exact) mass is 161 g/mol. The lowest BCUT2D eigenvalue weighted by Crippen LogP contribution is -2.22. The van der Waals surface area contributed by atoms with E-state index in [-0.39, 0.29) is 6.61 Å².